The van der Waals surface area contributed by atoms with Gasteiger partial charge in [-0.05, 0) is 26.7 Å². The second kappa shape index (κ2) is 9.64. The van der Waals surface area contributed by atoms with E-state index in [4.69, 9.17) is 13.3 Å². The van der Waals surface area contributed by atoms with Gasteiger partial charge < -0.3 is 13.3 Å². The lowest BCUT2D eigenvalue weighted by Gasteiger charge is -2.12. The van der Waals surface area contributed by atoms with Crippen molar-refractivity contribution < 1.29 is 13.3 Å². The van der Waals surface area contributed by atoms with Gasteiger partial charge in [0, 0.05) is 19.8 Å². The van der Waals surface area contributed by atoms with Crippen molar-refractivity contribution in [2.75, 3.05) is 19.8 Å². The van der Waals surface area contributed by atoms with Gasteiger partial charge in [0.15, 0.2) is 0 Å². The molecule has 1 saturated carbocycles. The van der Waals surface area contributed by atoms with Gasteiger partial charge in [-0.3, -0.25) is 0 Å². The molecular weight excluding hydrogens is 196 g/mol. The molecule has 0 aromatic rings. The van der Waals surface area contributed by atoms with Crippen LogP contribution in [-0.4, -0.2) is 29.3 Å². The smallest absolute Gasteiger partial charge is 0.376 e. The van der Waals surface area contributed by atoms with Crippen molar-refractivity contribution in [1.82, 2.24) is 0 Å². The van der Waals surface area contributed by atoms with E-state index in [0.717, 1.165) is 5.92 Å². The molecule has 0 heterocycles. The van der Waals surface area contributed by atoms with Crippen molar-refractivity contribution >= 4 is 9.53 Å². The summed E-state index contributed by atoms with van der Waals surface area (Å²) in [5.74, 6) is 1.08. The van der Waals surface area contributed by atoms with Crippen LogP contribution in [0.2, 0.25) is 0 Å². The average molecular weight is 220 g/mol. The van der Waals surface area contributed by atoms with Gasteiger partial charge in [0.2, 0.25) is 0 Å². The van der Waals surface area contributed by atoms with Gasteiger partial charge in [0.05, 0.1) is 0 Å². The first kappa shape index (κ1) is 14.1. The first-order valence-corrected chi connectivity index (χ1v) is 7.00. The predicted molar refractivity (Wildman–Crippen MR) is 60.4 cm³/mol. The third-order valence-electron chi connectivity index (χ3n) is 1.77. The molecule has 0 bridgehead atoms. The van der Waals surface area contributed by atoms with E-state index in [1.165, 1.54) is 12.8 Å². The highest BCUT2D eigenvalue weighted by Gasteiger charge is 2.12. The van der Waals surface area contributed by atoms with Crippen molar-refractivity contribution in [3.05, 3.63) is 0 Å². The van der Waals surface area contributed by atoms with E-state index in [9.17, 15) is 0 Å². The fourth-order valence-electron chi connectivity index (χ4n) is 0.719. The molecule has 4 heteroatoms. The summed E-state index contributed by atoms with van der Waals surface area (Å²) in [5, 5.41) is 0. The van der Waals surface area contributed by atoms with Crippen LogP contribution in [0.25, 0.3) is 0 Å². The fourth-order valence-corrected chi connectivity index (χ4v) is 1.82. The first-order valence-electron chi connectivity index (χ1n) is 5.59. The van der Waals surface area contributed by atoms with E-state index < -0.39 is 9.53 Å². The number of hydrogen-bond acceptors (Lipinski definition) is 3. The highest BCUT2D eigenvalue weighted by molar-refractivity contribution is 6.36. The molecular formula is C10H24O3Si. The molecule has 1 fully saturated rings. The Balaban J connectivity index is 0.000000344. The minimum Gasteiger partial charge on any atom is -0.376 e. The van der Waals surface area contributed by atoms with E-state index in [1.807, 2.05) is 20.8 Å². The summed E-state index contributed by atoms with van der Waals surface area (Å²) in [6.45, 7) is 10.1. The molecule has 14 heavy (non-hydrogen) atoms. The molecule has 1 rings (SSSR count). The highest BCUT2D eigenvalue weighted by atomic mass is 28.3. The van der Waals surface area contributed by atoms with Crippen LogP contribution < -0.4 is 0 Å². The molecule has 0 atom stereocenters. The molecule has 3 nitrogen and oxygen atoms in total. The molecule has 0 aliphatic heterocycles. The van der Waals surface area contributed by atoms with Gasteiger partial charge >= 0.3 is 9.53 Å². The molecule has 0 spiro atoms. The maximum absolute atomic E-state index is 5.22. The predicted octanol–water partition coefficient (Wildman–Crippen LogP) is 2.23. The minimum atomic E-state index is -1.73. The standard InChI is InChI=1S/C6H16O3Si.C4H8/c1-4-7-10(8-5-2)9-6-3;1-4-2-3-4/h10H,4-6H2,1-3H3;4H,2-3H2,1H3. The largest absolute Gasteiger partial charge is 0.484 e. The van der Waals surface area contributed by atoms with Crippen molar-refractivity contribution in [2.24, 2.45) is 5.92 Å². The summed E-state index contributed by atoms with van der Waals surface area (Å²) >= 11 is 0. The van der Waals surface area contributed by atoms with Crippen LogP contribution >= 0.6 is 0 Å². The van der Waals surface area contributed by atoms with Crippen LogP contribution in [0, 0.1) is 5.92 Å². The second-order valence-corrected chi connectivity index (χ2v) is 4.91. The molecule has 0 aromatic heterocycles. The Morgan fingerprint density at radius 2 is 1.21 bits per heavy atom. The van der Waals surface area contributed by atoms with E-state index >= 15 is 0 Å². The zero-order valence-electron chi connectivity index (χ0n) is 9.91. The lowest BCUT2D eigenvalue weighted by molar-refractivity contribution is 0.107. The van der Waals surface area contributed by atoms with Crippen LogP contribution in [0.3, 0.4) is 0 Å². The molecule has 1 aliphatic rings. The number of rotatable bonds is 6. The summed E-state index contributed by atoms with van der Waals surface area (Å²) in [4.78, 5) is 0. The van der Waals surface area contributed by atoms with Crippen molar-refractivity contribution in [3.63, 3.8) is 0 Å². The average Bonchev–Trinajstić information content (AvgIpc) is 2.90. The van der Waals surface area contributed by atoms with Gasteiger partial charge in [-0.1, -0.05) is 19.8 Å². The lowest BCUT2D eigenvalue weighted by Crippen LogP contribution is -2.27. The topological polar surface area (TPSA) is 27.7 Å². The normalized spacial score (nSPS) is 15.2. The Morgan fingerprint density at radius 1 is 0.929 bits per heavy atom. The van der Waals surface area contributed by atoms with Gasteiger partial charge in [-0.25, -0.2) is 0 Å². The third kappa shape index (κ3) is 10.2. The summed E-state index contributed by atoms with van der Waals surface area (Å²) in [6, 6.07) is 0. The quantitative estimate of drug-likeness (QED) is 0.643. The Bertz CT molecular complexity index is 104. The Kier molecular flexibility index (Phi) is 9.71. The van der Waals surface area contributed by atoms with Crippen LogP contribution in [0.5, 0.6) is 0 Å². The maximum atomic E-state index is 5.22. The van der Waals surface area contributed by atoms with E-state index in [-0.39, 0.29) is 0 Å². The van der Waals surface area contributed by atoms with Crippen molar-refractivity contribution in [3.8, 4) is 0 Å². The van der Waals surface area contributed by atoms with Gasteiger partial charge in [-0.15, -0.1) is 0 Å². The van der Waals surface area contributed by atoms with Crippen LogP contribution in [0.1, 0.15) is 40.5 Å². The molecule has 1 aliphatic carbocycles. The van der Waals surface area contributed by atoms with E-state index in [0.29, 0.717) is 19.8 Å². The molecule has 0 unspecified atom stereocenters. The van der Waals surface area contributed by atoms with Crippen molar-refractivity contribution in [2.45, 2.75) is 40.5 Å². The second-order valence-electron chi connectivity index (χ2n) is 3.34. The van der Waals surface area contributed by atoms with Crippen LogP contribution in [-0.2, 0) is 13.3 Å². The first-order chi connectivity index (χ1) is 6.74. The Morgan fingerprint density at radius 3 is 1.36 bits per heavy atom. The van der Waals surface area contributed by atoms with Gasteiger partial charge in [0.25, 0.3) is 0 Å². The zero-order valence-corrected chi connectivity index (χ0v) is 11.1. The fraction of sp³-hybridized carbons (Fsp3) is 1.00. The molecule has 0 N–H and O–H groups in total. The minimum absolute atomic E-state index is 0.677. The molecule has 0 amide bonds. The summed E-state index contributed by atoms with van der Waals surface area (Å²) in [6.07, 6.45) is 2.97. The summed E-state index contributed by atoms with van der Waals surface area (Å²) in [5.41, 5.74) is 0. The Labute approximate surface area is 89.7 Å². The monoisotopic (exact) mass is 220 g/mol. The van der Waals surface area contributed by atoms with E-state index in [1.54, 1.807) is 0 Å². The zero-order chi connectivity index (χ0) is 10.8. The summed E-state index contributed by atoms with van der Waals surface area (Å²) in [7, 11) is -1.73. The summed E-state index contributed by atoms with van der Waals surface area (Å²) < 4.78 is 15.7. The lowest BCUT2D eigenvalue weighted by atomic mass is 10.5. The van der Waals surface area contributed by atoms with Gasteiger partial charge in [0.1, 0.15) is 0 Å². The van der Waals surface area contributed by atoms with Gasteiger partial charge in [-0.2, -0.15) is 0 Å². The Hall–Kier alpha value is 0.0969. The van der Waals surface area contributed by atoms with Crippen LogP contribution in [0.15, 0.2) is 0 Å². The van der Waals surface area contributed by atoms with Crippen LogP contribution in [0.4, 0.5) is 0 Å². The SMILES string of the molecule is CC1CC1.CCO[SiH](OCC)OCC. The third-order valence-corrected chi connectivity index (χ3v) is 3.59. The number of hydrogen-bond donors (Lipinski definition) is 0. The maximum Gasteiger partial charge on any atom is 0.484 e. The van der Waals surface area contributed by atoms with Crippen molar-refractivity contribution in [1.29, 1.82) is 0 Å². The molecule has 0 radical (unpaired) electrons. The highest BCUT2D eigenvalue weighted by Crippen LogP contribution is 2.26. The molecule has 0 aromatic carbocycles. The van der Waals surface area contributed by atoms with E-state index in [2.05, 4.69) is 6.92 Å². The molecule has 86 valence electrons. The molecule has 0 saturated heterocycles.